The summed E-state index contributed by atoms with van der Waals surface area (Å²) in [5, 5.41) is -0.653. The zero-order valence-corrected chi connectivity index (χ0v) is 12.4. The first-order valence-corrected chi connectivity index (χ1v) is 6.68. The van der Waals surface area contributed by atoms with Crippen LogP contribution in [0.4, 0.5) is 8.78 Å². The van der Waals surface area contributed by atoms with Crippen LogP contribution in [0.15, 0.2) is 30.3 Å². The molecule has 0 fully saturated rings. The lowest BCUT2D eigenvalue weighted by Gasteiger charge is -2.16. The molecule has 0 spiro atoms. The second kappa shape index (κ2) is 5.98. The van der Waals surface area contributed by atoms with Crippen molar-refractivity contribution in [1.82, 2.24) is 0 Å². The van der Waals surface area contributed by atoms with Crippen LogP contribution >= 0.6 is 23.2 Å². The molecule has 1 atom stereocenters. The van der Waals surface area contributed by atoms with Crippen molar-refractivity contribution in [2.24, 2.45) is 0 Å². The molecule has 0 aliphatic heterocycles. The summed E-state index contributed by atoms with van der Waals surface area (Å²) < 4.78 is 31.7. The van der Waals surface area contributed by atoms with Crippen LogP contribution in [-0.2, 0) is 0 Å². The summed E-state index contributed by atoms with van der Waals surface area (Å²) in [6, 6.07) is 7.40. The third-order valence-corrected chi connectivity index (χ3v) is 3.77. The van der Waals surface area contributed by atoms with Gasteiger partial charge in [-0.15, -0.1) is 11.6 Å². The smallest absolute Gasteiger partial charge is 0.160 e. The first kappa shape index (κ1) is 15.1. The fraction of sp³-hybridized carbons (Fsp3) is 0.200. The Morgan fingerprint density at radius 2 is 1.70 bits per heavy atom. The SMILES string of the molecule is COc1ccc(C)cc1C(Cl)c1cc(F)c(F)cc1Cl. The molecule has 0 aromatic heterocycles. The van der Waals surface area contributed by atoms with Gasteiger partial charge in [0.15, 0.2) is 11.6 Å². The molecule has 1 unspecified atom stereocenters. The van der Waals surface area contributed by atoms with Gasteiger partial charge in [-0.3, -0.25) is 0 Å². The second-order valence-corrected chi connectivity index (χ2v) is 5.24. The third-order valence-electron chi connectivity index (χ3n) is 2.97. The number of benzene rings is 2. The highest BCUT2D eigenvalue weighted by Gasteiger charge is 2.20. The molecule has 2 rings (SSSR count). The van der Waals surface area contributed by atoms with E-state index < -0.39 is 17.0 Å². The van der Waals surface area contributed by atoms with E-state index in [0.717, 1.165) is 17.7 Å². The molecule has 0 aliphatic carbocycles. The van der Waals surface area contributed by atoms with Gasteiger partial charge < -0.3 is 4.74 Å². The van der Waals surface area contributed by atoms with Crippen molar-refractivity contribution in [3.05, 3.63) is 63.7 Å². The van der Waals surface area contributed by atoms with Gasteiger partial charge in [0.25, 0.3) is 0 Å². The molecule has 2 aromatic carbocycles. The number of alkyl halides is 1. The van der Waals surface area contributed by atoms with Gasteiger partial charge in [0.1, 0.15) is 5.75 Å². The molecule has 106 valence electrons. The van der Waals surface area contributed by atoms with E-state index >= 15 is 0 Å². The molecular formula is C15H12Cl2F2O. The molecule has 20 heavy (non-hydrogen) atoms. The van der Waals surface area contributed by atoms with E-state index in [1.165, 1.54) is 7.11 Å². The summed E-state index contributed by atoms with van der Waals surface area (Å²) in [5.74, 6) is -1.42. The third kappa shape index (κ3) is 2.89. The van der Waals surface area contributed by atoms with Crippen molar-refractivity contribution in [1.29, 1.82) is 0 Å². The standard InChI is InChI=1S/C15H12Cl2F2O/c1-8-3-4-14(20-2)10(5-8)15(17)9-6-12(18)13(19)7-11(9)16/h3-7,15H,1-2H3. The monoisotopic (exact) mass is 316 g/mol. The van der Waals surface area contributed by atoms with Gasteiger partial charge in [-0.25, -0.2) is 8.78 Å². The van der Waals surface area contributed by atoms with Crippen LogP contribution < -0.4 is 4.74 Å². The van der Waals surface area contributed by atoms with Gasteiger partial charge in [-0.05, 0) is 30.7 Å². The fourth-order valence-electron chi connectivity index (χ4n) is 1.95. The van der Waals surface area contributed by atoms with E-state index in [1.54, 1.807) is 6.07 Å². The lowest BCUT2D eigenvalue weighted by Crippen LogP contribution is -2.00. The van der Waals surface area contributed by atoms with Crippen LogP contribution in [0, 0.1) is 18.6 Å². The number of rotatable bonds is 3. The Morgan fingerprint density at radius 1 is 1.05 bits per heavy atom. The molecule has 0 aliphatic rings. The molecule has 1 nitrogen and oxygen atoms in total. The first-order valence-electron chi connectivity index (χ1n) is 5.87. The fourth-order valence-corrected chi connectivity index (χ4v) is 2.62. The quantitative estimate of drug-likeness (QED) is 0.554. The topological polar surface area (TPSA) is 9.23 Å². The van der Waals surface area contributed by atoms with Crippen LogP contribution in [0.3, 0.4) is 0 Å². The Balaban J connectivity index is 2.54. The van der Waals surface area contributed by atoms with Gasteiger partial charge in [-0.1, -0.05) is 29.3 Å². The molecule has 0 N–H and O–H groups in total. The van der Waals surface area contributed by atoms with Crippen molar-refractivity contribution in [2.75, 3.05) is 7.11 Å². The Labute approximate surface area is 126 Å². The summed E-state index contributed by atoms with van der Waals surface area (Å²) in [7, 11) is 1.52. The van der Waals surface area contributed by atoms with Crippen molar-refractivity contribution in [3.8, 4) is 5.75 Å². The Hall–Kier alpha value is -1.32. The highest BCUT2D eigenvalue weighted by atomic mass is 35.5. The molecule has 0 radical (unpaired) electrons. The minimum Gasteiger partial charge on any atom is -0.496 e. The van der Waals surface area contributed by atoms with Crippen molar-refractivity contribution in [3.63, 3.8) is 0 Å². The molecular weight excluding hydrogens is 305 g/mol. The van der Waals surface area contributed by atoms with Gasteiger partial charge in [-0.2, -0.15) is 0 Å². The zero-order chi connectivity index (χ0) is 14.9. The average molecular weight is 317 g/mol. The van der Waals surface area contributed by atoms with Gasteiger partial charge in [0.2, 0.25) is 0 Å². The second-order valence-electron chi connectivity index (χ2n) is 4.40. The Morgan fingerprint density at radius 3 is 2.35 bits per heavy atom. The van der Waals surface area contributed by atoms with Crippen LogP contribution in [0.2, 0.25) is 5.02 Å². The molecule has 5 heteroatoms. The normalized spacial score (nSPS) is 12.3. The molecule has 0 amide bonds. The maximum Gasteiger partial charge on any atom is 0.160 e. The minimum atomic E-state index is -1.00. The van der Waals surface area contributed by atoms with E-state index in [2.05, 4.69) is 0 Å². The molecule has 0 heterocycles. The van der Waals surface area contributed by atoms with Crippen LogP contribution in [0.5, 0.6) is 5.75 Å². The predicted octanol–water partition coefficient (Wildman–Crippen LogP) is 5.26. The number of hydrogen-bond acceptors (Lipinski definition) is 1. The molecule has 0 bridgehead atoms. The number of halogens is 4. The molecule has 2 aromatic rings. The summed E-state index contributed by atoms with van der Waals surface area (Å²) in [4.78, 5) is 0. The number of methoxy groups -OCH3 is 1. The summed E-state index contributed by atoms with van der Waals surface area (Å²) in [6.07, 6.45) is 0. The van der Waals surface area contributed by atoms with E-state index in [-0.39, 0.29) is 5.02 Å². The maximum atomic E-state index is 13.4. The van der Waals surface area contributed by atoms with Gasteiger partial charge >= 0.3 is 0 Å². The summed E-state index contributed by atoms with van der Waals surface area (Å²) in [6.45, 7) is 1.90. The summed E-state index contributed by atoms with van der Waals surface area (Å²) in [5.41, 5.74) is 1.93. The van der Waals surface area contributed by atoms with Crippen molar-refractivity contribution in [2.45, 2.75) is 12.3 Å². The Bertz CT molecular complexity index is 644. The molecule has 0 saturated carbocycles. The highest BCUT2D eigenvalue weighted by Crippen LogP contribution is 2.39. The van der Waals surface area contributed by atoms with Crippen LogP contribution in [-0.4, -0.2) is 7.11 Å². The van der Waals surface area contributed by atoms with E-state index in [0.29, 0.717) is 16.9 Å². The van der Waals surface area contributed by atoms with Gasteiger partial charge in [0, 0.05) is 10.6 Å². The van der Waals surface area contributed by atoms with Gasteiger partial charge in [0.05, 0.1) is 12.5 Å². The van der Waals surface area contributed by atoms with Crippen molar-refractivity contribution >= 4 is 23.2 Å². The van der Waals surface area contributed by atoms with Crippen LogP contribution in [0.1, 0.15) is 22.1 Å². The maximum absolute atomic E-state index is 13.4. The highest BCUT2D eigenvalue weighted by molar-refractivity contribution is 6.33. The predicted molar refractivity (Wildman–Crippen MR) is 76.8 cm³/mol. The number of aryl methyl sites for hydroxylation is 1. The Kier molecular flexibility index (Phi) is 4.51. The van der Waals surface area contributed by atoms with E-state index in [1.807, 2.05) is 19.1 Å². The molecule has 0 saturated heterocycles. The number of hydrogen-bond donors (Lipinski definition) is 0. The lowest BCUT2D eigenvalue weighted by atomic mass is 10.0. The average Bonchev–Trinajstić information content (AvgIpc) is 2.42. The van der Waals surface area contributed by atoms with E-state index in [4.69, 9.17) is 27.9 Å². The minimum absolute atomic E-state index is 0.0764. The largest absolute Gasteiger partial charge is 0.496 e. The lowest BCUT2D eigenvalue weighted by molar-refractivity contribution is 0.410. The van der Waals surface area contributed by atoms with Crippen LogP contribution in [0.25, 0.3) is 0 Å². The number of ether oxygens (including phenoxy) is 1. The van der Waals surface area contributed by atoms with Crippen molar-refractivity contribution < 1.29 is 13.5 Å². The summed E-state index contributed by atoms with van der Waals surface area (Å²) >= 11 is 12.3. The first-order chi connectivity index (χ1) is 9.43. The zero-order valence-electron chi connectivity index (χ0n) is 10.9. The van der Waals surface area contributed by atoms with E-state index in [9.17, 15) is 8.78 Å².